The number of rotatable bonds is 3. The van der Waals surface area contributed by atoms with Gasteiger partial charge in [0.05, 0.1) is 0 Å². The highest BCUT2D eigenvalue weighted by Crippen LogP contribution is 2.28. The molecule has 0 aromatic heterocycles. The van der Waals surface area contributed by atoms with Crippen LogP contribution in [0, 0.1) is 5.41 Å². The largest absolute Gasteiger partial charge is 0.386 e. The Balaban J connectivity index is 2.83. The summed E-state index contributed by atoms with van der Waals surface area (Å²) in [6.45, 7) is 5.38. The number of ketones is 1. The summed E-state index contributed by atoms with van der Waals surface area (Å²) >= 11 is 6.00. The number of Topliss-reactive ketones (excluding diaryl/α,β-unsaturated/α-hetero) is 1. The molecule has 3 heteroatoms. The van der Waals surface area contributed by atoms with Gasteiger partial charge in [-0.3, -0.25) is 4.79 Å². The second-order valence-corrected chi connectivity index (χ2v) is 5.34. The minimum absolute atomic E-state index is 0.148. The standard InChI is InChI=1S/C13H17ClO2/c1-13(2,3)12(16)10(14)11(15)9-7-5-4-6-8-9/h4-8,10-11,15H,1-3H3/t10-,11+/m0/s1. The van der Waals surface area contributed by atoms with Gasteiger partial charge in [-0.2, -0.15) is 0 Å². The fourth-order valence-electron chi connectivity index (χ4n) is 1.38. The number of aliphatic hydroxyl groups is 1. The molecule has 0 saturated carbocycles. The maximum atomic E-state index is 11.9. The van der Waals surface area contributed by atoms with Crippen LogP contribution < -0.4 is 0 Å². The van der Waals surface area contributed by atoms with Crippen LogP contribution >= 0.6 is 11.6 Å². The zero-order valence-electron chi connectivity index (χ0n) is 9.77. The van der Waals surface area contributed by atoms with Gasteiger partial charge in [-0.15, -0.1) is 11.6 Å². The van der Waals surface area contributed by atoms with Crippen molar-refractivity contribution in [3.05, 3.63) is 35.9 Å². The molecule has 0 fully saturated rings. The fraction of sp³-hybridized carbons (Fsp3) is 0.462. The minimum Gasteiger partial charge on any atom is -0.386 e. The molecule has 0 aliphatic carbocycles. The first-order chi connectivity index (χ1) is 7.34. The number of halogens is 1. The third kappa shape index (κ3) is 3.06. The average Bonchev–Trinajstić information content (AvgIpc) is 2.26. The van der Waals surface area contributed by atoms with Gasteiger partial charge in [0.25, 0.3) is 0 Å². The van der Waals surface area contributed by atoms with Crippen LogP contribution in [-0.4, -0.2) is 16.3 Å². The van der Waals surface area contributed by atoms with Crippen LogP contribution in [0.1, 0.15) is 32.4 Å². The van der Waals surface area contributed by atoms with Gasteiger partial charge in [0.15, 0.2) is 5.78 Å². The van der Waals surface area contributed by atoms with Crippen LogP contribution in [0.4, 0.5) is 0 Å². The van der Waals surface area contributed by atoms with Crippen LogP contribution in [0.25, 0.3) is 0 Å². The van der Waals surface area contributed by atoms with E-state index in [1.54, 1.807) is 32.9 Å². The quantitative estimate of drug-likeness (QED) is 0.825. The zero-order valence-corrected chi connectivity index (χ0v) is 10.5. The summed E-state index contributed by atoms with van der Waals surface area (Å²) in [6, 6.07) is 8.99. The number of hydrogen-bond donors (Lipinski definition) is 1. The van der Waals surface area contributed by atoms with E-state index in [0.29, 0.717) is 5.56 Å². The van der Waals surface area contributed by atoms with E-state index in [-0.39, 0.29) is 5.78 Å². The molecular weight excluding hydrogens is 224 g/mol. The molecule has 0 saturated heterocycles. The van der Waals surface area contributed by atoms with Crippen molar-refractivity contribution < 1.29 is 9.90 Å². The Morgan fingerprint density at radius 3 is 2.19 bits per heavy atom. The predicted octanol–water partition coefficient (Wildman–Crippen LogP) is 2.94. The Bertz CT molecular complexity index is 354. The molecule has 0 aliphatic heterocycles. The van der Waals surface area contributed by atoms with E-state index >= 15 is 0 Å². The van der Waals surface area contributed by atoms with Crippen molar-refractivity contribution in [2.75, 3.05) is 0 Å². The third-order valence-corrected chi connectivity index (χ3v) is 2.84. The van der Waals surface area contributed by atoms with Crippen LogP contribution in [-0.2, 0) is 4.79 Å². The third-order valence-electron chi connectivity index (χ3n) is 2.41. The first kappa shape index (κ1) is 13.2. The monoisotopic (exact) mass is 240 g/mol. The molecule has 0 heterocycles. The lowest BCUT2D eigenvalue weighted by Gasteiger charge is -2.24. The van der Waals surface area contributed by atoms with E-state index in [1.165, 1.54) is 0 Å². The van der Waals surface area contributed by atoms with E-state index < -0.39 is 16.9 Å². The van der Waals surface area contributed by atoms with Gasteiger partial charge in [0.2, 0.25) is 0 Å². The Kier molecular flexibility index (Phi) is 4.11. The Labute approximate surface area is 101 Å². The van der Waals surface area contributed by atoms with Gasteiger partial charge in [-0.05, 0) is 5.56 Å². The average molecular weight is 241 g/mol. The molecule has 88 valence electrons. The van der Waals surface area contributed by atoms with Crippen LogP contribution in [0.5, 0.6) is 0 Å². The summed E-state index contributed by atoms with van der Waals surface area (Å²) in [5.74, 6) is -0.148. The molecule has 1 aromatic carbocycles. The lowest BCUT2D eigenvalue weighted by molar-refractivity contribution is -0.127. The maximum absolute atomic E-state index is 11.9. The molecule has 1 rings (SSSR count). The lowest BCUT2D eigenvalue weighted by Crippen LogP contribution is -2.33. The van der Waals surface area contributed by atoms with Crippen molar-refractivity contribution in [3.8, 4) is 0 Å². The highest BCUT2D eigenvalue weighted by Gasteiger charge is 2.33. The van der Waals surface area contributed by atoms with Gasteiger partial charge in [0.1, 0.15) is 11.5 Å². The fourth-order valence-corrected chi connectivity index (χ4v) is 1.85. The second-order valence-electron chi connectivity index (χ2n) is 4.87. The summed E-state index contributed by atoms with van der Waals surface area (Å²) in [7, 11) is 0. The molecule has 0 amide bonds. The topological polar surface area (TPSA) is 37.3 Å². The highest BCUT2D eigenvalue weighted by molar-refractivity contribution is 6.32. The molecule has 0 spiro atoms. The molecular formula is C13H17ClO2. The Hall–Kier alpha value is -0.860. The van der Waals surface area contributed by atoms with Gasteiger partial charge < -0.3 is 5.11 Å². The number of alkyl halides is 1. The first-order valence-electron chi connectivity index (χ1n) is 5.25. The number of hydrogen-bond acceptors (Lipinski definition) is 2. The Morgan fingerprint density at radius 2 is 1.75 bits per heavy atom. The van der Waals surface area contributed by atoms with Crippen molar-refractivity contribution in [3.63, 3.8) is 0 Å². The molecule has 1 N–H and O–H groups in total. The summed E-state index contributed by atoms with van der Waals surface area (Å²) in [5.41, 5.74) is 0.127. The normalized spacial score (nSPS) is 15.6. The number of carbonyl (C=O) groups is 1. The molecule has 16 heavy (non-hydrogen) atoms. The van der Waals surface area contributed by atoms with Gasteiger partial charge in [-0.1, -0.05) is 51.1 Å². The van der Waals surface area contributed by atoms with Crippen LogP contribution in [0.2, 0.25) is 0 Å². The van der Waals surface area contributed by atoms with Crippen molar-refractivity contribution in [1.29, 1.82) is 0 Å². The summed E-state index contributed by atoms with van der Waals surface area (Å²) in [5, 5.41) is 9.07. The molecule has 0 radical (unpaired) electrons. The molecule has 2 atom stereocenters. The smallest absolute Gasteiger partial charge is 0.158 e. The molecule has 0 unspecified atom stereocenters. The predicted molar refractivity (Wildman–Crippen MR) is 65.5 cm³/mol. The highest BCUT2D eigenvalue weighted by atomic mass is 35.5. The van der Waals surface area contributed by atoms with E-state index in [0.717, 1.165) is 0 Å². The SMILES string of the molecule is CC(C)(C)C(=O)[C@@H](Cl)[C@H](O)c1ccccc1. The van der Waals surface area contributed by atoms with Crippen molar-refractivity contribution in [2.45, 2.75) is 32.3 Å². The number of aliphatic hydroxyl groups excluding tert-OH is 1. The summed E-state index contributed by atoms with van der Waals surface area (Å²) in [4.78, 5) is 11.9. The van der Waals surface area contributed by atoms with Crippen LogP contribution in [0.15, 0.2) is 30.3 Å². The van der Waals surface area contributed by atoms with E-state index in [4.69, 9.17) is 11.6 Å². The number of carbonyl (C=O) groups excluding carboxylic acids is 1. The van der Waals surface area contributed by atoms with Crippen molar-refractivity contribution in [1.82, 2.24) is 0 Å². The second kappa shape index (κ2) is 4.98. The minimum atomic E-state index is -0.949. The number of benzene rings is 1. The summed E-state index contributed by atoms with van der Waals surface area (Å²) in [6.07, 6.45) is -0.949. The molecule has 2 nitrogen and oxygen atoms in total. The van der Waals surface area contributed by atoms with Crippen molar-refractivity contribution >= 4 is 17.4 Å². The van der Waals surface area contributed by atoms with Crippen LogP contribution in [0.3, 0.4) is 0 Å². The van der Waals surface area contributed by atoms with E-state index in [1.807, 2.05) is 18.2 Å². The van der Waals surface area contributed by atoms with Gasteiger partial charge in [-0.25, -0.2) is 0 Å². The lowest BCUT2D eigenvalue weighted by atomic mass is 9.86. The Morgan fingerprint density at radius 1 is 1.25 bits per heavy atom. The maximum Gasteiger partial charge on any atom is 0.158 e. The van der Waals surface area contributed by atoms with E-state index in [2.05, 4.69) is 0 Å². The van der Waals surface area contributed by atoms with E-state index in [9.17, 15) is 9.90 Å². The molecule has 0 bridgehead atoms. The summed E-state index contributed by atoms with van der Waals surface area (Å²) < 4.78 is 0. The molecule has 0 aliphatic rings. The zero-order chi connectivity index (χ0) is 12.3. The van der Waals surface area contributed by atoms with Gasteiger partial charge in [0, 0.05) is 5.41 Å². The first-order valence-corrected chi connectivity index (χ1v) is 5.69. The molecule has 1 aromatic rings. The van der Waals surface area contributed by atoms with Crippen molar-refractivity contribution in [2.24, 2.45) is 5.41 Å². The van der Waals surface area contributed by atoms with Gasteiger partial charge >= 0.3 is 0 Å².